The van der Waals surface area contributed by atoms with Crippen molar-refractivity contribution in [3.8, 4) is 5.75 Å². The van der Waals surface area contributed by atoms with Gasteiger partial charge in [0.2, 0.25) is 0 Å². The standard InChI is InChI=1S/C16H22ClNO.C10H6ClNO3/c17-15-12-13(4-3-11-18-9-1-2-10-18)5-8-16(15)19-14-6-7-14;11-6-1-2-7-5(3-6)4-8(15-7)9(13)10(12)14/h5,8,12,14H,1-4,6-7,9-11H2;1-4H,(H2,12,14). The number of Topliss-reactive ketones (excluding diaryl/α,β-unsaturated/α-hetero) is 1. The Labute approximate surface area is 208 Å². The Morgan fingerprint density at radius 2 is 1.82 bits per heavy atom. The van der Waals surface area contributed by atoms with Crippen LogP contribution in [0.3, 0.4) is 0 Å². The van der Waals surface area contributed by atoms with Gasteiger partial charge < -0.3 is 19.8 Å². The monoisotopic (exact) mass is 502 g/mol. The van der Waals surface area contributed by atoms with E-state index in [1.807, 2.05) is 6.07 Å². The van der Waals surface area contributed by atoms with Gasteiger partial charge in [0.15, 0.2) is 5.76 Å². The number of halogens is 2. The molecule has 34 heavy (non-hydrogen) atoms. The molecule has 6 nitrogen and oxygen atoms in total. The lowest BCUT2D eigenvalue weighted by atomic mass is 10.1. The third kappa shape index (κ3) is 6.75. The maximum atomic E-state index is 11.2. The molecule has 1 aromatic heterocycles. The van der Waals surface area contributed by atoms with Crippen molar-refractivity contribution in [2.75, 3.05) is 19.6 Å². The lowest BCUT2D eigenvalue weighted by molar-refractivity contribution is -0.114. The average Bonchev–Trinajstić information content (AvgIpc) is 3.29. The van der Waals surface area contributed by atoms with Gasteiger partial charge in [-0.3, -0.25) is 9.59 Å². The van der Waals surface area contributed by atoms with E-state index in [2.05, 4.69) is 17.0 Å². The van der Waals surface area contributed by atoms with E-state index in [1.165, 1.54) is 63.4 Å². The Bertz CT molecular complexity index is 1170. The topological polar surface area (TPSA) is 85.8 Å². The van der Waals surface area contributed by atoms with Gasteiger partial charge in [0, 0.05) is 10.4 Å². The number of amides is 1. The molecule has 180 valence electrons. The number of carbonyl (C=O) groups excluding carboxylic acids is 2. The summed E-state index contributed by atoms with van der Waals surface area (Å²) >= 11 is 12.0. The molecular weight excluding hydrogens is 475 g/mol. The van der Waals surface area contributed by atoms with Gasteiger partial charge in [-0.1, -0.05) is 29.3 Å². The van der Waals surface area contributed by atoms with Crippen LogP contribution >= 0.6 is 23.2 Å². The van der Waals surface area contributed by atoms with Crippen LogP contribution < -0.4 is 10.5 Å². The third-order valence-corrected chi connectivity index (χ3v) is 6.41. The normalized spacial score (nSPS) is 15.7. The van der Waals surface area contributed by atoms with E-state index in [0.717, 1.165) is 17.2 Å². The highest BCUT2D eigenvalue weighted by atomic mass is 35.5. The summed E-state index contributed by atoms with van der Waals surface area (Å²) in [5.41, 5.74) is 6.66. The molecule has 0 spiro atoms. The first-order valence-electron chi connectivity index (χ1n) is 11.6. The number of hydrogen-bond acceptors (Lipinski definition) is 5. The zero-order valence-electron chi connectivity index (χ0n) is 18.9. The predicted molar refractivity (Wildman–Crippen MR) is 134 cm³/mol. The number of hydrogen-bond donors (Lipinski definition) is 1. The van der Waals surface area contributed by atoms with Gasteiger partial charge in [-0.15, -0.1) is 0 Å². The highest BCUT2D eigenvalue weighted by Crippen LogP contribution is 2.32. The summed E-state index contributed by atoms with van der Waals surface area (Å²) < 4.78 is 10.9. The predicted octanol–water partition coefficient (Wildman–Crippen LogP) is 5.66. The van der Waals surface area contributed by atoms with Crippen LogP contribution in [0.25, 0.3) is 11.0 Å². The van der Waals surface area contributed by atoms with E-state index in [9.17, 15) is 9.59 Å². The molecule has 1 amide bonds. The van der Waals surface area contributed by atoms with Crippen molar-refractivity contribution in [2.45, 2.75) is 44.6 Å². The number of ether oxygens (including phenoxy) is 1. The van der Waals surface area contributed by atoms with Crippen LogP contribution in [-0.2, 0) is 11.2 Å². The van der Waals surface area contributed by atoms with Crippen molar-refractivity contribution >= 4 is 45.9 Å². The van der Waals surface area contributed by atoms with Crippen molar-refractivity contribution in [1.29, 1.82) is 0 Å². The molecule has 1 saturated carbocycles. The molecule has 0 bridgehead atoms. The number of primary amides is 1. The van der Waals surface area contributed by atoms with Crippen LogP contribution in [-0.4, -0.2) is 42.3 Å². The number of nitrogens with zero attached hydrogens (tertiary/aromatic N) is 1. The zero-order chi connectivity index (χ0) is 24.1. The first-order chi connectivity index (χ1) is 16.4. The van der Waals surface area contributed by atoms with Gasteiger partial charge in [-0.2, -0.15) is 0 Å². The average molecular weight is 503 g/mol. The summed E-state index contributed by atoms with van der Waals surface area (Å²) in [6, 6.07) is 12.6. The Morgan fingerprint density at radius 1 is 1.06 bits per heavy atom. The smallest absolute Gasteiger partial charge is 0.293 e. The Morgan fingerprint density at radius 3 is 2.50 bits per heavy atom. The summed E-state index contributed by atoms with van der Waals surface area (Å²) in [6.07, 6.45) is 7.84. The van der Waals surface area contributed by atoms with Crippen molar-refractivity contribution in [1.82, 2.24) is 4.90 Å². The molecule has 3 aromatic rings. The number of aryl methyl sites for hydroxylation is 1. The van der Waals surface area contributed by atoms with Crippen molar-refractivity contribution in [2.24, 2.45) is 5.73 Å². The van der Waals surface area contributed by atoms with Crippen molar-refractivity contribution in [3.63, 3.8) is 0 Å². The summed E-state index contributed by atoms with van der Waals surface area (Å²) in [5, 5.41) is 1.96. The van der Waals surface area contributed by atoms with Gasteiger partial charge in [0.1, 0.15) is 11.3 Å². The lowest BCUT2D eigenvalue weighted by Crippen LogP contribution is -2.22. The number of benzene rings is 2. The second-order valence-corrected chi connectivity index (χ2v) is 9.56. The van der Waals surface area contributed by atoms with E-state index >= 15 is 0 Å². The molecule has 1 aliphatic carbocycles. The summed E-state index contributed by atoms with van der Waals surface area (Å²) in [6.45, 7) is 3.79. The van der Waals surface area contributed by atoms with Crippen LogP contribution in [0.5, 0.6) is 5.75 Å². The molecule has 2 heterocycles. The molecule has 1 saturated heterocycles. The molecule has 5 rings (SSSR count). The van der Waals surface area contributed by atoms with Crippen LogP contribution in [0.1, 0.15) is 48.2 Å². The number of fused-ring (bicyclic) bond motifs is 1. The van der Waals surface area contributed by atoms with E-state index in [4.69, 9.17) is 38.1 Å². The maximum absolute atomic E-state index is 11.2. The molecule has 2 fully saturated rings. The Kier molecular flexibility index (Phi) is 8.14. The van der Waals surface area contributed by atoms with E-state index < -0.39 is 11.7 Å². The molecule has 0 radical (unpaired) electrons. The summed E-state index contributed by atoms with van der Waals surface area (Å²) in [7, 11) is 0. The Balaban J connectivity index is 0.000000166. The first-order valence-corrected chi connectivity index (χ1v) is 12.4. The van der Waals surface area contributed by atoms with Crippen LogP contribution in [0.4, 0.5) is 0 Å². The van der Waals surface area contributed by atoms with Gasteiger partial charge in [0.25, 0.3) is 11.7 Å². The highest BCUT2D eigenvalue weighted by molar-refractivity contribution is 6.41. The van der Waals surface area contributed by atoms with Crippen molar-refractivity contribution in [3.05, 3.63) is 63.8 Å². The van der Waals surface area contributed by atoms with Gasteiger partial charge in [-0.05, 0) is 100 Å². The number of furan rings is 1. The number of likely N-dealkylation sites (tertiary alicyclic amines) is 1. The first kappa shape index (κ1) is 24.6. The van der Waals surface area contributed by atoms with Crippen molar-refractivity contribution < 1.29 is 18.7 Å². The second kappa shape index (κ2) is 11.3. The van der Waals surface area contributed by atoms with Gasteiger partial charge in [0.05, 0.1) is 11.1 Å². The number of carbonyl (C=O) groups is 2. The van der Waals surface area contributed by atoms with Gasteiger partial charge in [-0.25, -0.2) is 0 Å². The minimum Gasteiger partial charge on any atom is -0.489 e. The Hall–Kier alpha value is -2.54. The molecule has 0 atom stereocenters. The van der Waals surface area contributed by atoms with Gasteiger partial charge >= 0.3 is 0 Å². The van der Waals surface area contributed by atoms with Crippen LogP contribution in [0.2, 0.25) is 10.0 Å². The lowest BCUT2D eigenvalue weighted by Gasteiger charge is -2.14. The molecule has 0 unspecified atom stereocenters. The minimum atomic E-state index is -1.04. The van der Waals surface area contributed by atoms with E-state index in [0.29, 0.717) is 22.1 Å². The SMILES string of the molecule is Clc1cc(CCCN2CCCC2)ccc1OC1CC1.NC(=O)C(=O)c1cc2cc(Cl)ccc2o1. The fourth-order valence-electron chi connectivity index (χ4n) is 3.92. The fourth-order valence-corrected chi connectivity index (χ4v) is 4.35. The van der Waals surface area contributed by atoms with E-state index in [-0.39, 0.29) is 5.76 Å². The molecular formula is C26H28Cl2N2O4. The van der Waals surface area contributed by atoms with Crippen LogP contribution in [0.15, 0.2) is 46.9 Å². The number of nitrogens with two attached hydrogens (primary N) is 1. The summed E-state index contributed by atoms with van der Waals surface area (Å²) in [4.78, 5) is 24.4. The third-order valence-electron chi connectivity index (χ3n) is 5.88. The second-order valence-electron chi connectivity index (χ2n) is 8.72. The molecule has 2 N–H and O–H groups in total. The molecule has 2 aliphatic rings. The maximum Gasteiger partial charge on any atom is 0.293 e. The molecule has 2 aromatic carbocycles. The fraction of sp³-hybridized carbons (Fsp3) is 0.385. The number of rotatable bonds is 8. The molecule has 1 aliphatic heterocycles. The highest BCUT2D eigenvalue weighted by Gasteiger charge is 2.24. The van der Waals surface area contributed by atoms with E-state index in [1.54, 1.807) is 18.2 Å². The molecule has 8 heteroatoms. The quantitative estimate of drug-likeness (QED) is 0.317. The largest absolute Gasteiger partial charge is 0.489 e. The zero-order valence-corrected chi connectivity index (χ0v) is 20.4. The minimum absolute atomic E-state index is 0.0697. The number of ketones is 1. The van der Waals surface area contributed by atoms with Crippen LogP contribution in [0, 0.1) is 0 Å². The summed E-state index contributed by atoms with van der Waals surface area (Å²) in [5.74, 6) is -1.10.